The molecule has 0 bridgehead atoms. The van der Waals surface area contributed by atoms with E-state index in [1.165, 1.54) is 12.1 Å². The van der Waals surface area contributed by atoms with Crippen LogP contribution in [0.3, 0.4) is 0 Å². The molecule has 1 rings (SSSR count). The second kappa shape index (κ2) is 2.50. The van der Waals surface area contributed by atoms with E-state index < -0.39 is 0 Å². The minimum absolute atomic E-state index is 0.326. The van der Waals surface area contributed by atoms with Crippen LogP contribution in [-0.4, -0.2) is 10.2 Å². The van der Waals surface area contributed by atoms with E-state index in [4.69, 9.17) is 11.6 Å². The number of hydrogen-bond acceptors (Lipinski definition) is 0. The van der Waals surface area contributed by atoms with Gasteiger partial charge in [-0.2, -0.15) is 0 Å². The summed E-state index contributed by atoms with van der Waals surface area (Å²) in [6, 6.07) is 4.23. The van der Waals surface area contributed by atoms with Gasteiger partial charge in [-0.1, -0.05) is 16.8 Å². The maximum Gasteiger partial charge on any atom is 0.124 e. The fourth-order valence-electron chi connectivity index (χ4n) is 0.554. The quantitative estimate of drug-likeness (QED) is 0.498. The molecule has 0 atom stereocenters. The van der Waals surface area contributed by atoms with Gasteiger partial charge in [0, 0.05) is 5.02 Å². The van der Waals surface area contributed by atoms with Crippen LogP contribution in [0.25, 0.3) is 0 Å². The molecule has 0 N–H and O–H groups in total. The maximum absolute atomic E-state index is 12.3. The average molecular weight is 158 g/mol. The molecule has 0 saturated carbocycles. The van der Waals surface area contributed by atoms with E-state index in [-0.39, 0.29) is 5.82 Å². The van der Waals surface area contributed by atoms with Crippen LogP contribution < -0.4 is 5.19 Å². The molecule has 45 valence electrons. The monoisotopic (exact) mass is 157 g/mol. The van der Waals surface area contributed by atoms with Gasteiger partial charge in [-0.25, -0.2) is 4.39 Å². The van der Waals surface area contributed by atoms with Gasteiger partial charge in [0.15, 0.2) is 0 Å². The molecule has 0 nitrogen and oxygen atoms in total. The molecule has 3 radical (unpaired) electrons. The molecule has 0 saturated heterocycles. The summed E-state index contributed by atoms with van der Waals surface area (Å²) in [6.07, 6.45) is 0. The van der Waals surface area contributed by atoms with Gasteiger partial charge in [-0.05, 0) is 18.2 Å². The first kappa shape index (κ1) is 6.77. The third-order valence-electron chi connectivity index (χ3n) is 0.863. The zero-order valence-corrected chi connectivity index (χ0v) is 6.24. The van der Waals surface area contributed by atoms with Crippen LogP contribution in [0, 0.1) is 5.82 Å². The van der Waals surface area contributed by atoms with E-state index in [1.807, 2.05) is 0 Å². The van der Waals surface area contributed by atoms with Gasteiger partial charge in [-0.3, -0.25) is 0 Å². The Balaban J connectivity index is 3.17. The van der Waals surface area contributed by atoms with E-state index in [0.717, 1.165) is 0 Å². The van der Waals surface area contributed by atoms with E-state index in [2.05, 4.69) is 10.2 Å². The van der Waals surface area contributed by atoms with Crippen molar-refractivity contribution < 1.29 is 4.39 Å². The molecular formula is C6H3ClFSi. The largest absolute Gasteiger partial charge is 0.207 e. The summed E-state index contributed by atoms with van der Waals surface area (Å²) in [6.45, 7) is 0. The lowest BCUT2D eigenvalue weighted by Crippen LogP contribution is -2.01. The van der Waals surface area contributed by atoms with Gasteiger partial charge in [0.25, 0.3) is 0 Å². The summed E-state index contributed by atoms with van der Waals surface area (Å²) in [5.41, 5.74) is 0. The Kier molecular flexibility index (Phi) is 1.88. The van der Waals surface area contributed by atoms with Crippen molar-refractivity contribution in [2.24, 2.45) is 0 Å². The lowest BCUT2D eigenvalue weighted by molar-refractivity contribution is 0.629. The summed E-state index contributed by atoms with van der Waals surface area (Å²) in [4.78, 5) is 0. The molecule has 0 unspecified atom stereocenters. The lowest BCUT2D eigenvalue weighted by atomic mass is 10.3. The Morgan fingerprint density at radius 1 is 1.33 bits per heavy atom. The highest BCUT2D eigenvalue weighted by molar-refractivity contribution is 6.36. The highest BCUT2D eigenvalue weighted by Crippen LogP contribution is 2.06. The van der Waals surface area contributed by atoms with Crippen LogP contribution in [0.4, 0.5) is 4.39 Å². The molecule has 0 aliphatic carbocycles. The molecule has 1 aromatic carbocycles. The van der Waals surface area contributed by atoms with Gasteiger partial charge in [0.05, 0.1) is 10.2 Å². The van der Waals surface area contributed by atoms with Gasteiger partial charge in [0.2, 0.25) is 0 Å². The second-order valence-electron chi connectivity index (χ2n) is 1.66. The van der Waals surface area contributed by atoms with E-state index in [9.17, 15) is 4.39 Å². The van der Waals surface area contributed by atoms with Gasteiger partial charge in [0.1, 0.15) is 5.82 Å². The molecule has 0 aliphatic rings. The number of benzene rings is 1. The van der Waals surface area contributed by atoms with E-state index >= 15 is 0 Å². The SMILES string of the molecule is Fc1cc([Si])cc(Cl)c1. The van der Waals surface area contributed by atoms with Crippen molar-refractivity contribution in [2.75, 3.05) is 0 Å². The predicted octanol–water partition coefficient (Wildman–Crippen LogP) is 1.27. The summed E-state index contributed by atoms with van der Waals surface area (Å²) in [5.74, 6) is -0.326. The average Bonchev–Trinajstić information content (AvgIpc) is 1.59. The van der Waals surface area contributed by atoms with Crippen molar-refractivity contribution in [3.05, 3.63) is 29.0 Å². The number of rotatable bonds is 0. The summed E-state index contributed by atoms with van der Waals surface area (Å²) in [5, 5.41) is 1.06. The predicted molar refractivity (Wildman–Crippen MR) is 36.8 cm³/mol. The minimum atomic E-state index is -0.326. The zero-order chi connectivity index (χ0) is 6.85. The Labute approximate surface area is 61.1 Å². The lowest BCUT2D eigenvalue weighted by Gasteiger charge is -1.92. The molecule has 1 aromatic rings. The molecule has 0 amide bonds. The van der Waals surface area contributed by atoms with Crippen LogP contribution in [-0.2, 0) is 0 Å². The second-order valence-corrected chi connectivity index (χ2v) is 2.67. The Hall–Kier alpha value is -0.343. The van der Waals surface area contributed by atoms with Crippen molar-refractivity contribution in [3.63, 3.8) is 0 Å². The van der Waals surface area contributed by atoms with E-state index in [0.29, 0.717) is 10.2 Å². The first-order chi connectivity index (χ1) is 4.18. The van der Waals surface area contributed by atoms with Gasteiger partial charge in [-0.15, -0.1) is 0 Å². The molecule has 0 aliphatic heterocycles. The molecule has 0 aromatic heterocycles. The summed E-state index contributed by atoms with van der Waals surface area (Å²) < 4.78 is 12.3. The Morgan fingerprint density at radius 2 is 2.00 bits per heavy atom. The fraction of sp³-hybridized carbons (Fsp3) is 0. The van der Waals surface area contributed by atoms with Crippen molar-refractivity contribution in [1.82, 2.24) is 0 Å². The van der Waals surface area contributed by atoms with Crippen molar-refractivity contribution in [2.45, 2.75) is 0 Å². The molecule has 0 heterocycles. The van der Waals surface area contributed by atoms with Crippen LogP contribution >= 0.6 is 11.6 Å². The van der Waals surface area contributed by atoms with Crippen molar-refractivity contribution in [1.29, 1.82) is 0 Å². The molecule has 0 fully saturated rings. The van der Waals surface area contributed by atoms with Gasteiger partial charge < -0.3 is 0 Å². The van der Waals surface area contributed by atoms with Crippen LogP contribution in [0.15, 0.2) is 18.2 Å². The highest BCUT2D eigenvalue weighted by atomic mass is 35.5. The molecule has 3 heteroatoms. The molecule has 9 heavy (non-hydrogen) atoms. The fourth-order valence-corrected chi connectivity index (χ4v) is 1.16. The van der Waals surface area contributed by atoms with E-state index in [1.54, 1.807) is 6.07 Å². The first-order valence-electron chi connectivity index (χ1n) is 2.36. The Morgan fingerprint density at radius 3 is 2.44 bits per heavy atom. The number of halogens is 2. The van der Waals surface area contributed by atoms with Crippen molar-refractivity contribution >= 4 is 27.0 Å². The van der Waals surface area contributed by atoms with Gasteiger partial charge >= 0.3 is 0 Å². The molecule has 0 spiro atoms. The normalized spacial score (nSPS) is 9.67. The van der Waals surface area contributed by atoms with Crippen LogP contribution in [0.1, 0.15) is 0 Å². The topological polar surface area (TPSA) is 0 Å². The Bertz CT molecular complexity index is 174. The summed E-state index contributed by atoms with van der Waals surface area (Å²) in [7, 11) is 3.14. The third-order valence-corrected chi connectivity index (χ3v) is 1.37. The standard InChI is InChI=1S/C6H3ClFSi/c7-4-1-5(8)3-6(9)2-4/h1-3H. The van der Waals surface area contributed by atoms with Crippen LogP contribution in [0.5, 0.6) is 0 Å². The zero-order valence-electron chi connectivity index (χ0n) is 4.49. The summed E-state index contributed by atoms with van der Waals surface area (Å²) >= 11 is 5.48. The maximum atomic E-state index is 12.3. The smallest absolute Gasteiger partial charge is 0.124 e. The molecular weight excluding hydrogens is 155 g/mol. The van der Waals surface area contributed by atoms with Crippen LogP contribution in [0.2, 0.25) is 5.02 Å². The highest BCUT2D eigenvalue weighted by Gasteiger charge is 1.92. The minimum Gasteiger partial charge on any atom is -0.207 e. The first-order valence-corrected chi connectivity index (χ1v) is 3.24. The van der Waals surface area contributed by atoms with Crippen molar-refractivity contribution in [3.8, 4) is 0 Å². The number of hydrogen-bond donors (Lipinski definition) is 0. The third kappa shape index (κ3) is 1.80.